The lowest BCUT2D eigenvalue weighted by atomic mass is 10.2. The summed E-state index contributed by atoms with van der Waals surface area (Å²) in [5.41, 5.74) is 1.38. The summed E-state index contributed by atoms with van der Waals surface area (Å²) in [7, 11) is 0. The first-order valence-corrected chi connectivity index (χ1v) is 5.59. The van der Waals surface area contributed by atoms with E-state index in [0.29, 0.717) is 17.2 Å². The first-order valence-electron chi connectivity index (χ1n) is 5.59. The molecule has 0 aliphatic rings. The standard InChI is InChI=1S/C13H8N6/c14-8-10-6-7-12(15-9-10)19-17-13(16-18-19)11-4-2-1-3-5-11/h1-7,9H. The van der Waals surface area contributed by atoms with Crippen molar-refractivity contribution in [3.05, 3.63) is 54.2 Å². The molecule has 6 heteroatoms. The second-order valence-corrected chi connectivity index (χ2v) is 3.79. The maximum atomic E-state index is 8.71. The topological polar surface area (TPSA) is 80.3 Å². The zero-order valence-corrected chi connectivity index (χ0v) is 9.80. The van der Waals surface area contributed by atoms with Crippen LogP contribution in [0.4, 0.5) is 0 Å². The Morgan fingerprint density at radius 1 is 1.05 bits per heavy atom. The van der Waals surface area contributed by atoms with Gasteiger partial charge in [0, 0.05) is 11.8 Å². The molecule has 2 aromatic heterocycles. The number of nitriles is 1. The first kappa shape index (κ1) is 11.0. The molecule has 0 bridgehead atoms. The van der Waals surface area contributed by atoms with Gasteiger partial charge in [0.05, 0.1) is 5.56 Å². The number of tetrazole rings is 1. The highest BCUT2D eigenvalue weighted by Crippen LogP contribution is 2.13. The number of nitrogens with zero attached hydrogens (tertiary/aromatic N) is 6. The van der Waals surface area contributed by atoms with Gasteiger partial charge in [0.2, 0.25) is 5.82 Å². The lowest BCUT2D eigenvalue weighted by Gasteiger charge is -1.96. The fraction of sp³-hybridized carbons (Fsp3) is 0. The van der Waals surface area contributed by atoms with Crippen molar-refractivity contribution in [3.63, 3.8) is 0 Å². The van der Waals surface area contributed by atoms with Gasteiger partial charge in [-0.1, -0.05) is 30.3 Å². The lowest BCUT2D eigenvalue weighted by Crippen LogP contribution is -2.01. The zero-order chi connectivity index (χ0) is 13.1. The number of benzene rings is 1. The zero-order valence-electron chi connectivity index (χ0n) is 9.80. The number of aromatic nitrogens is 5. The highest BCUT2D eigenvalue weighted by molar-refractivity contribution is 5.53. The van der Waals surface area contributed by atoms with Crippen LogP contribution >= 0.6 is 0 Å². The summed E-state index contributed by atoms with van der Waals surface area (Å²) in [5, 5.41) is 20.9. The fourth-order valence-corrected chi connectivity index (χ4v) is 1.58. The summed E-state index contributed by atoms with van der Waals surface area (Å²) in [4.78, 5) is 5.44. The van der Waals surface area contributed by atoms with E-state index in [9.17, 15) is 0 Å². The van der Waals surface area contributed by atoms with E-state index >= 15 is 0 Å². The minimum atomic E-state index is 0.493. The predicted molar refractivity (Wildman–Crippen MR) is 67.1 cm³/mol. The van der Waals surface area contributed by atoms with E-state index in [1.165, 1.54) is 11.0 Å². The summed E-state index contributed by atoms with van der Waals surface area (Å²) in [6.07, 6.45) is 1.47. The van der Waals surface area contributed by atoms with Crippen molar-refractivity contribution >= 4 is 0 Å². The van der Waals surface area contributed by atoms with Crippen LogP contribution < -0.4 is 0 Å². The summed E-state index contributed by atoms with van der Waals surface area (Å²) >= 11 is 0. The van der Waals surface area contributed by atoms with E-state index in [1.54, 1.807) is 12.1 Å². The van der Waals surface area contributed by atoms with Crippen molar-refractivity contribution < 1.29 is 0 Å². The molecular formula is C13H8N6. The monoisotopic (exact) mass is 248 g/mol. The van der Waals surface area contributed by atoms with Gasteiger partial charge in [0.25, 0.3) is 0 Å². The highest BCUT2D eigenvalue weighted by Gasteiger charge is 2.07. The molecule has 0 aliphatic carbocycles. The number of rotatable bonds is 2. The van der Waals surface area contributed by atoms with Crippen LogP contribution in [0.15, 0.2) is 48.7 Å². The first-order chi connectivity index (χ1) is 9.36. The molecule has 90 valence electrons. The van der Waals surface area contributed by atoms with Gasteiger partial charge in [0.1, 0.15) is 6.07 Å². The van der Waals surface area contributed by atoms with Crippen molar-refractivity contribution in [1.29, 1.82) is 5.26 Å². The SMILES string of the molecule is N#Cc1ccc(-n2nnc(-c3ccccc3)n2)nc1. The second kappa shape index (κ2) is 4.66. The number of hydrogen-bond acceptors (Lipinski definition) is 5. The van der Waals surface area contributed by atoms with Gasteiger partial charge in [-0.3, -0.25) is 0 Å². The van der Waals surface area contributed by atoms with E-state index in [-0.39, 0.29) is 0 Å². The number of hydrogen-bond donors (Lipinski definition) is 0. The minimum absolute atomic E-state index is 0.493. The van der Waals surface area contributed by atoms with Crippen LogP contribution in [0.1, 0.15) is 5.56 Å². The third-order valence-electron chi connectivity index (χ3n) is 2.53. The van der Waals surface area contributed by atoms with E-state index in [0.717, 1.165) is 5.56 Å². The van der Waals surface area contributed by atoms with Crippen molar-refractivity contribution in [3.8, 4) is 23.3 Å². The van der Waals surface area contributed by atoms with Crippen LogP contribution in [0.25, 0.3) is 17.2 Å². The minimum Gasteiger partial charge on any atom is -0.234 e. The Hall–Kier alpha value is -3.07. The molecule has 19 heavy (non-hydrogen) atoms. The van der Waals surface area contributed by atoms with Gasteiger partial charge < -0.3 is 0 Å². The van der Waals surface area contributed by atoms with Gasteiger partial charge in [-0.2, -0.15) is 5.26 Å². The van der Waals surface area contributed by atoms with Crippen LogP contribution in [0.2, 0.25) is 0 Å². The molecule has 0 amide bonds. The molecule has 3 aromatic rings. The Kier molecular flexibility index (Phi) is 2.71. The predicted octanol–water partition coefficient (Wildman–Crippen LogP) is 1.60. The molecule has 1 aromatic carbocycles. The molecule has 0 unspecified atom stereocenters. The summed E-state index contributed by atoms with van der Waals surface area (Å²) in [6, 6.07) is 14.9. The molecule has 0 fully saturated rings. The van der Waals surface area contributed by atoms with E-state index < -0.39 is 0 Å². The van der Waals surface area contributed by atoms with Gasteiger partial charge in [-0.05, 0) is 17.3 Å². The maximum Gasteiger partial charge on any atom is 0.205 e. The molecule has 0 N–H and O–H groups in total. The average Bonchev–Trinajstić information content (AvgIpc) is 2.98. The van der Waals surface area contributed by atoms with Crippen molar-refractivity contribution in [1.82, 2.24) is 25.2 Å². The van der Waals surface area contributed by atoms with E-state index in [4.69, 9.17) is 5.26 Å². The average molecular weight is 248 g/mol. The molecule has 0 radical (unpaired) electrons. The third kappa shape index (κ3) is 2.17. The molecule has 0 spiro atoms. The summed E-state index contributed by atoms with van der Waals surface area (Å²) in [6.45, 7) is 0. The Morgan fingerprint density at radius 3 is 2.58 bits per heavy atom. The molecular weight excluding hydrogens is 240 g/mol. The normalized spacial score (nSPS) is 10.1. The quantitative estimate of drug-likeness (QED) is 0.688. The van der Waals surface area contributed by atoms with Gasteiger partial charge in [0.15, 0.2) is 5.82 Å². The lowest BCUT2D eigenvalue weighted by molar-refractivity contribution is 0.700. The molecule has 0 aliphatic heterocycles. The Labute approximate surface area is 109 Å². The maximum absolute atomic E-state index is 8.71. The molecule has 0 saturated carbocycles. The molecule has 3 rings (SSSR count). The molecule has 6 nitrogen and oxygen atoms in total. The highest BCUT2D eigenvalue weighted by atomic mass is 15.6. The van der Waals surface area contributed by atoms with Gasteiger partial charge >= 0.3 is 0 Å². The van der Waals surface area contributed by atoms with Crippen LogP contribution in [0.3, 0.4) is 0 Å². The van der Waals surface area contributed by atoms with Crippen LogP contribution in [-0.2, 0) is 0 Å². The van der Waals surface area contributed by atoms with Crippen molar-refractivity contribution in [2.24, 2.45) is 0 Å². The van der Waals surface area contributed by atoms with Crippen LogP contribution in [0.5, 0.6) is 0 Å². The largest absolute Gasteiger partial charge is 0.234 e. The van der Waals surface area contributed by atoms with E-state index in [1.807, 2.05) is 36.4 Å². The second-order valence-electron chi connectivity index (χ2n) is 3.79. The van der Waals surface area contributed by atoms with Gasteiger partial charge in [-0.15, -0.1) is 15.0 Å². The fourth-order valence-electron chi connectivity index (χ4n) is 1.58. The Morgan fingerprint density at radius 2 is 1.89 bits per heavy atom. The Balaban J connectivity index is 1.95. The van der Waals surface area contributed by atoms with Crippen LogP contribution in [0, 0.1) is 11.3 Å². The summed E-state index contributed by atoms with van der Waals surface area (Å²) < 4.78 is 0. The molecule has 2 heterocycles. The third-order valence-corrected chi connectivity index (χ3v) is 2.53. The van der Waals surface area contributed by atoms with E-state index in [2.05, 4.69) is 20.4 Å². The van der Waals surface area contributed by atoms with Crippen molar-refractivity contribution in [2.75, 3.05) is 0 Å². The van der Waals surface area contributed by atoms with Crippen molar-refractivity contribution in [2.45, 2.75) is 0 Å². The Bertz CT molecular complexity index is 724. The molecule has 0 saturated heterocycles. The van der Waals surface area contributed by atoms with Gasteiger partial charge in [-0.25, -0.2) is 4.98 Å². The van der Waals surface area contributed by atoms with Crippen LogP contribution in [-0.4, -0.2) is 25.2 Å². The number of pyridine rings is 1. The summed E-state index contributed by atoms with van der Waals surface area (Å²) in [5.74, 6) is 1.06. The molecule has 0 atom stereocenters. The smallest absolute Gasteiger partial charge is 0.205 e.